The maximum Gasteiger partial charge on any atom is 0.471 e. The molecule has 0 aromatic carbocycles. The number of alkyl halides is 3. The van der Waals surface area contributed by atoms with Crippen molar-refractivity contribution < 1.29 is 46.9 Å². The van der Waals surface area contributed by atoms with E-state index in [-0.39, 0.29) is 57.4 Å². The molecule has 3 heterocycles. The van der Waals surface area contributed by atoms with E-state index in [0.717, 1.165) is 4.90 Å². The van der Waals surface area contributed by atoms with E-state index in [1.807, 2.05) is 13.8 Å². The summed E-state index contributed by atoms with van der Waals surface area (Å²) in [6, 6.07) is -2.91. The van der Waals surface area contributed by atoms with E-state index >= 15 is 0 Å². The van der Waals surface area contributed by atoms with Gasteiger partial charge in [-0.25, -0.2) is 4.79 Å². The molecule has 10 nitrogen and oxygen atoms in total. The van der Waals surface area contributed by atoms with Gasteiger partial charge in [0.2, 0.25) is 5.91 Å². The molecular formula is C27H42F3N3O7. The van der Waals surface area contributed by atoms with Gasteiger partial charge in [-0.1, -0.05) is 13.8 Å². The quantitative estimate of drug-likeness (QED) is 0.535. The summed E-state index contributed by atoms with van der Waals surface area (Å²) in [4.78, 5) is 43.6. The number of methoxy groups -OCH3 is 1. The lowest BCUT2D eigenvalue weighted by Crippen LogP contribution is -2.59. The van der Waals surface area contributed by atoms with Gasteiger partial charge in [-0.2, -0.15) is 13.2 Å². The van der Waals surface area contributed by atoms with E-state index < -0.39 is 65.6 Å². The molecule has 3 saturated heterocycles. The molecule has 3 amide bonds. The number of hydrogen-bond donors (Lipinski definition) is 1. The highest BCUT2D eigenvalue weighted by molar-refractivity contribution is 5.86. The minimum atomic E-state index is -5.08. The molecule has 0 aromatic rings. The molecule has 13 heteroatoms. The van der Waals surface area contributed by atoms with Gasteiger partial charge in [-0.3, -0.25) is 14.5 Å². The zero-order chi connectivity index (χ0) is 29.8. The third kappa shape index (κ3) is 5.53. The van der Waals surface area contributed by atoms with E-state index in [9.17, 15) is 32.7 Å². The van der Waals surface area contributed by atoms with Gasteiger partial charge in [-0.15, -0.1) is 0 Å². The molecule has 6 unspecified atom stereocenters. The molecule has 3 aliphatic heterocycles. The van der Waals surface area contributed by atoms with Gasteiger partial charge in [0, 0.05) is 32.8 Å². The largest absolute Gasteiger partial charge is 0.471 e. The van der Waals surface area contributed by atoms with E-state index in [1.54, 1.807) is 25.7 Å². The van der Waals surface area contributed by atoms with Gasteiger partial charge >= 0.3 is 18.2 Å². The van der Waals surface area contributed by atoms with Crippen molar-refractivity contribution in [1.82, 2.24) is 14.7 Å². The molecule has 4 aliphatic rings. The maximum absolute atomic E-state index is 14.2. The van der Waals surface area contributed by atoms with Crippen LogP contribution in [0.25, 0.3) is 0 Å². The van der Waals surface area contributed by atoms with Gasteiger partial charge in [0.15, 0.2) is 0 Å². The minimum absolute atomic E-state index is 0.0683. The van der Waals surface area contributed by atoms with Crippen molar-refractivity contribution in [3.05, 3.63) is 0 Å². The number of aliphatic hydroxyl groups excluding tert-OH is 1. The number of amides is 3. The summed E-state index contributed by atoms with van der Waals surface area (Å²) in [6.45, 7) is 9.47. The standard InChI is InChI=1S/C27H42F3N3O7/c1-15(2)26(22(35)31-12-19-21(34)18(31)13-32(19)24(37)40-25(3,4)5)9-7-16(11-26)33(23(36)27(28,29)30)17-8-10-39-14-20(17)38-6/h15-21,34H,7-14H2,1-6H3/t16?,17?,18?,19?,20?,21?,26-/m0/s1. The average molecular weight is 578 g/mol. The van der Waals surface area contributed by atoms with Crippen molar-refractivity contribution >= 4 is 17.9 Å². The Labute approximate surface area is 233 Å². The van der Waals surface area contributed by atoms with Crippen molar-refractivity contribution in [2.24, 2.45) is 11.3 Å². The molecule has 0 radical (unpaired) electrons. The van der Waals surface area contributed by atoms with Gasteiger partial charge in [0.25, 0.3) is 0 Å². The topological polar surface area (TPSA) is 109 Å². The molecule has 1 aliphatic carbocycles. The summed E-state index contributed by atoms with van der Waals surface area (Å²) in [6.07, 6.45) is -6.51. The monoisotopic (exact) mass is 577 g/mol. The Hall–Kier alpha value is -2.12. The molecule has 4 rings (SSSR count). The predicted molar refractivity (Wildman–Crippen MR) is 136 cm³/mol. The smallest absolute Gasteiger partial charge is 0.444 e. The maximum atomic E-state index is 14.2. The molecule has 7 atom stereocenters. The van der Waals surface area contributed by atoms with Gasteiger partial charge < -0.3 is 29.1 Å². The molecular weight excluding hydrogens is 535 g/mol. The molecule has 4 fully saturated rings. The number of hydrogen-bond acceptors (Lipinski definition) is 7. The fourth-order valence-electron chi connectivity index (χ4n) is 6.99. The third-order valence-electron chi connectivity index (χ3n) is 9.10. The number of halogens is 3. The van der Waals surface area contributed by atoms with Crippen molar-refractivity contribution in [3.8, 4) is 0 Å². The second kappa shape index (κ2) is 10.9. The lowest BCUT2D eigenvalue weighted by atomic mass is 9.74. The van der Waals surface area contributed by atoms with Gasteiger partial charge in [0.1, 0.15) is 11.7 Å². The van der Waals surface area contributed by atoms with Crippen LogP contribution in [0.4, 0.5) is 18.0 Å². The Bertz CT molecular complexity index is 987. The van der Waals surface area contributed by atoms with Crippen LogP contribution in [0.15, 0.2) is 0 Å². The highest BCUT2D eigenvalue weighted by atomic mass is 19.4. The molecule has 2 bridgehead atoms. The van der Waals surface area contributed by atoms with Crippen LogP contribution >= 0.6 is 0 Å². The molecule has 40 heavy (non-hydrogen) atoms. The Morgan fingerprint density at radius 2 is 1.70 bits per heavy atom. The Morgan fingerprint density at radius 3 is 2.23 bits per heavy atom. The first-order chi connectivity index (χ1) is 18.5. The molecule has 1 saturated carbocycles. The summed E-state index contributed by atoms with van der Waals surface area (Å²) >= 11 is 0. The Kier molecular flexibility index (Phi) is 8.43. The summed E-state index contributed by atoms with van der Waals surface area (Å²) in [5.74, 6) is -2.42. The first kappa shape index (κ1) is 30.8. The number of piperazine rings is 1. The normalized spacial score (nSPS) is 34.5. The second-order valence-corrected chi connectivity index (χ2v) is 12.8. The number of aliphatic hydroxyl groups is 1. The van der Waals surface area contributed by atoms with Crippen LogP contribution in [0.1, 0.15) is 60.3 Å². The number of ether oxygens (including phenoxy) is 3. The fourth-order valence-corrected chi connectivity index (χ4v) is 6.99. The molecule has 228 valence electrons. The predicted octanol–water partition coefficient (Wildman–Crippen LogP) is 2.57. The van der Waals surface area contributed by atoms with E-state index in [1.165, 1.54) is 12.0 Å². The van der Waals surface area contributed by atoms with Crippen LogP contribution in [0.3, 0.4) is 0 Å². The SMILES string of the molecule is COC1COCCC1N(C(=O)C(F)(F)F)C1CC[C@@](C(=O)N2CC3C(O)C2CN3C(=O)OC(C)(C)C)(C(C)C)C1. The highest BCUT2D eigenvalue weighted by Crippen LogP contribution is 2.50. The van der Waals surface area contributed by atoms with Crippen LogP contribution in [0, 0.1) is 11.3 Å². The van der Waals surface area contributed by atoms with Crippen molar-refractivity contribution in [2.45, 2.75) is 108 Å². The molecule has 1 N–H and O–H groups in total. The lowest BCUT2D eigenvalue weighted by molar-refractivity contribution is -0.197. The first-order valence-corrected chi connectivity index (χ1v) is 14.0. The Balaban J connectivity index is 1.56. The van der Waals surface area contributed by atoms with Crippen molar-refractivity contribution in [1.29, 1.82) is 0 Å². The fraction of sp³-hybridized carbons (Fsp3) is 0.889. The summed E-state index contributed by atoms with van der Waals surface area (Å²) in [7, 11) is 1.38. The minimum Gasteiger partial charge on any atom is -0.444 e. The summed E-state index contributed by atoms with van der Waals surface area (Å²) in [5.41, 5.74) is -1.74. The number of carbonyl (C=O) groups is 3. The first-order valence-electron chi connectivity index (χ1n) is 14.0. The average Bonchev–Trinajstić information content (AvgIpc) is 3.54. The van der Waals surface area contributed by atoms with Crippen molar-refractivity contribution in [3.63, 3.8) is 0 Å². The van der Waals surface area contributed by atoms with E-state index in [2.05, 4.69) is 0 Å². The number of likely N-dealkylation sites (tertiary alicyclic amines) is 2. The zero-order valence-electron chi connectivity index (χ0n) is 24.1. The van der Waals surface area contributed by atoms with E-state index in [4.69, 9.17) is 14.2 Å². The van der Waals surface area contributed by atoms with Crippen LogP contribution in [0.5, 0.6) is 0 Å². The van der Waals surface area contributed by atoms with Crippen LogP contribution in [-0.2, 0) is 23.8 Å². The lowest BCUT2D eigenvalue weighted by Gasteiger charge is -2.44. The van der Waals surface area contributed by atoms with Gasteiger partial charge in [-0.05, 0) is 52.4 Å². The Morgan fingerprint density at radius 1 is 1.07 bits per heavy atom. The number of carbonyl (C=O) groups excluding carboxylic acids is 3. The molecule has 0 aromatic heterocycles. The number of fused-ring (bicyclic) bond motifs is 2. The van der Waals surface area contributed by atoms with Crippen LogP contribution in [-0.4, -0.2) is 119 Å². The second-order valence-electron chi connectivity index (χ2n) is 12.8. The van der Waals surface area contributed by atoms with Crippen molar-refractivity contribution in [2.75, 3.05) is 33.4 Å². The number of rotatable bonds is 5. The molecule has 0 spiro atoms. The number of nitrogens with zero attached hydrogens (tertiary/aromatic N) is 3. The van der Waals surface area contributed by atoms with Crippen LogP contribution < -0.4 is 0 Å². The summed E-state index contributed by atoms with van der Waals surface area (Å²) in [5, 5.41) is 10.9. The van der Waals surface area contributed by atoms with Gasteiger partial charge in [0.05, 0.1) is 36.3 Å². The third-order valence-corrected chi connectivity index (χ3v) is 9.10. The zero-order valence-corrected chi connectivity index (χ0v) is 24.1. The summed E-state index contributed by atoms with van der Waals surface area (Å²) < 4.78 is 57.8. The van der Waals surface area contributed by atoms with E-state index in [0.29, 0.717) is 6.42 Å². The van der Waals surface area contributed by atoms with Crippen LogP contribution in [0.2, 0.25) is 0 Å². The highest BCUT2D eigenvalue weighted by Gasteiger charge is 2.61.